The van der Waals surface area contributed by atoms with Gasteiger partial charge in [0.25, 0.3) is 0 Å². The molecular formula is C13H19IN2O. The summed E-state index contributed by atoms with van der Waals surface area (Å²) in [6.07, 6.45) is 2.99. The van der Waals surface area contributed by atoms with Gasteiger partial charge in [-0.1, -0.05) is 0 Å². The Morgan fingerprint density at radius 2 is 2.06 bits per heavy atom. The van der Waals surface area contributed by atoms with Crippen LogP contribution in [0.5, 0.6) is 0 Å². The molecule has 3 nitrogen and oxygen atoms in total. The minimum absolute atomic E-state index is 0.466. The van der Waals surface area contributed by atoms with Crippen molar-refractivity contribution in [2.24, 2.45) is 11.8 Å². The van der Waals surface area contributed by atoms with E-state index >= 15 is 0 Å². The third-order valence-electron chi connectivity index (χ3n) is 4.30. The molecule has 0 amide bonds. The fraction of sp³-hybridized carbons (Fsp3) is 0.769. The van der Waals surface area contributed by atoms with Gasteiger partial charge in [0.15, 0.2) is 0 Å². The Bertz CT molecular complexity index is 417. The Kier molecular flexibility index (Phi) is 2.97. The topological polar surface area (TPSA) is 27.1 Å². The lowest BCUT2D eigenvalue weighted by molar-refractivity contribution is 0.0961. The lowest BCUT2D eigenvalue weighted by Gasteiger charge is -2.15. The van der Waals surface area contributed by atoms with Crippen molar-refractivity contribution in [2.75, 3.05) is 7.11 Å². The fourth-order valence-corrected chi connectivity index (χ4v) is 4.01. The number of hydrogen-bond acceptors (Lipinski definition) is 2. The predicted octanol–water partition coefficient (Wildman–Crippen LogP) is 3.21. The third kappa shape index (κ3) is 1.93. The average Bonchev–Trinajstić information content (AvgIpc) is 2.66. The summed E-state index contributed by atoms with van der Waals surface area (Å²) in [5, 5.41) is 4.61. The van der Waals surface area contributed by atoms with Crippen molar-refractivity contribution in [3.05, 3.63) is 15.5 Å². The smallest absolute Gasteiger partial charge is 0.123 e. The highest BCUT2D eigenvalue weighted by Crippen LogP contribution is 2.63. The van der Waals surface area contributed by atoms with Gasteiger partial charge < -0.3 is 4.74 Å². The van der Waals surface area contributed by atoms with Gasteiger partial charge in [-0.15, -0.1) is 0 Å². The maximum absolute atomic E-state index is 5.46. The molecule has 94 valence electrons. The number of fused-ring (bicyclic) bond motifs is 1. The van der Waals surface area contributed by atoms with Gasteiger partial charge in [-0.05, 0) is 67.2 Å². The van der Waals surface area contributed by atoms with Gasteiger partial charge in [0, 0.05) is 24.8 Å². The summed E-state index contributed by atoms with van der Waals surface area (Å²) in [6, 6.07) is 2.74. The molecule has 1 aromatic heterocycles. The van der Waals surface area contributed by atoms with Crippen LogP contribution in [0.15, 0.2) is 6.07 Å². The lowest BCUT2D eigenvalue weighted by Crippen LogP contribution is -2.12. The number of hydrogen-bond donors (Lipinski definition) is 0. The summed E-state index contributed by atoms with van der Waals surface area (Å²) in [7, 11) is 1.84. The van der Waals surface area contributed by atoms with Crippen molar-refractivity contribution < 1.29 is 4.74 Å². The zero-order valence-electron chi connectivity index (χ0n) is 10.6. The third-order valence-corrected chi connectivity index (χ3v) is 4.83. The Morgan fingerprint density at radius 3 is 2.59 bits per heavy atom. The van der Waals surface area contributed by atoms with Crippen LogP contribution in [0.25, 0.3) is 0 Å². The van der Waals surface area contributed by atoms with Gasteiger partial charge >= 0.3 is 0 Å². The van der Waals surface area contributed by atoms with Crippen LogP contribution in [0.1, 0.15) is 44.3 Å². The van der Waals surface area contributed by atoms with Gasteiger partial charge in [0.1, 0.15) is 3.70 Å². The highest BCUT2D eigenvalue weighted by atomic mass is 127. The van der Waals surface area contributed by atoms with Crippen molar-refractivity contribution in [3.63, 3.8) is 0 Å². The van der Waals surface area contributed by atoms with Crippen LogP contribution in [0.3, 0.4) is 0 Å². The van der Waals surface area contributed by atoms with Crippen molar-refractivity contribution in [3.8, 4) is 0 Å². The zero-order valence-corrected chi connectivity index (χ0v) is 12.7. The summed E-state index contributed by atoms with van der Waals surface area (Å²) in [5.74, 6) is 2.45. The standard InChI is InChI=1S/C13H19IN2O/c1-7(2)16-11(6-12(14)15-16)13-9-4-8(17-3)5-10(9)13/h6-10,13H,4-5H2,1-3H3. The molecule has 2 fully saturated rings. The van der Waals surface area contributed by atoms with Crippen molar-refractivity contribution in [1.29, 1.82) is 0 Å². The first-order chi connectivity index (χ1) is 8.11. The van der Waals surface area contributed by atoms with E-state index in [4.69, 9.17) is 4.74 Å². The molecule has 1 aromatic rings. The first kappa shape index (κ1) is 12.0. The molecule has 17 heavy (non-hydrogen) atoms. The molecule has 0 aromatic carbocycles. The minimum Gasteiger partial charge on any atom is -0.381 e. The number of aromatic nitrogens is 2. The molecule has 4 heteroatoms. The van der Waals surface area contributed by atoms with E-state index in [0.29, 0.717) is 12.1 Å². The van der Waals surface area contributed by atoms with E-state index in [-0.39, 0.29) is 0 Å². The van der Waals surface area contributed by atoms with Crippen molar-refractivity contribution in [2.45, 2.75) is 44.8 Å². The molecule has 0 bridgehead atoms. The predicted molar refractivity (Wildman–Crippen MR) is 75.1 cm³/mol. The molecule has 0 radical (unpaired) electrons. The average molecular weight is 346 g/mol. The first-order valence-corrected chi connectivity index (χ1v) is 7.47. The second kappa shape index (κ2) is 4.23. The Morgan fingerprint density at radius 1 is 1.41 bits per heavy atom. The van der Waals surface area contributed by atoms with Crippen LogP contribution in [0.2, 0.25) is 0 Å². The maximum atomic E-state index is 5.46. The maximum Gasteiger partial charge on any atom is 0.123 e. The van der Waals surface area contributed by atoms with E-state index in [0.717, 1.165) is 21.5 Å². The number of methoxy groups -OCH3 is 1. The van der Waals surface area contributed by atoms with E-state index in [1.54, 1.807) is 0 Å². The lowest BCUT2D eigenvalue weighted by atomic mass is 10.1. The number of halogens is 1. The van der Waals surface area contributed by atoms with E-state index < -0.39 is 0 Å². The summed E-state index contributed by atoms with van der Waals surface area (Å²) in [6.45, 7) is 4.42. The van der Waals surface area contributed by atoms with E-state index in [9.17, 15) is 0 Å². The van der Waals surface area contributed by atoms with Crippen molar-refractivity contribution >= 4 is 22.6 Å². The zero-order chi connectivity index (χ0) is 12.2. The summed E-state index contributed by atoms with van der Waals surface area (Å²) in [5.41, 5.74) is 1.45. The summed E-state index contributed by atoms with van der Waals surface area (Å²) in [4.78, 5) is 0. The molecule has 0 aliphatic heterocycles. The highest BCUT2D eigenvalue weighted by Gasteiger charge is 2.57. The molecule has 2 saturated carbocycles. The van der Waals surface area contributed by atoms with E-state index in [1.165, 1.54) is 18.5 Å². The van der Waals surface area contributed by atoms with Crippen LogP contribution in [-0.4, -0.2) is 23.0 Å². The molecule has 0 N–H and O–H groups in total. The van der Waals surface area contributed by atoms with Crippen LogP contribution in [0.4, 0.5) is 0 Å². The minimum atomic E-state index is 0.466. The molecule has 3 rings (SSSR count). The molecule has 2 aliphatic carbocycles. The number of ether oxygens (including phenoxy) is 1. The molecule has 2 unspecified atom stereocenters. The molecule has 0 saturated heterocycles. The number of rotatable bonds is 3. The normalized spacial score (nSPS) is 35.4. The molecular weight excluding hydrogens is 327 g/mol. The Balaban J connectivity index is 1.80. The fourth-order valence-electron chi connectivity index (χ4n) is 3.46. The highest BCUT2D eigenvalue weighted by molar-refractivity contribution is 14.1. The van der Waals surface area contributed by atoms with Gasteiger partial charge in [-0.2, -0.15) is 5.10 Å². The first-order valence-electron chi connectivity index (χ1n) is 6.39. The van der Waals surface area contributed by atoms with E-state index in [1.807, 2.05) is 7.11 Å². The summed E-state index contributed by atoms with van der Waals surface area (Å²) >= 11 is 2.32. The van der Waals surface area contributed by atoms with Crippen LogP contribution in [-0.2, 0) is 4.74 Å². The van der Waals surface area contributed by atoms with Gasteiger partial charge in [0.2, 0.25) is 0 Å². The SMILES string of the molecule is COC1CC2C(C1)C2c1cc(I)nn1C(C)C. The van der Waals surface area contributed by atoms with Crippen molar-refractivity contribution in [1.82, 2.24) is 9.78 Å². The van der Waals surface area contributed by atoms with Crippen LogP contribution >= 0.6 is 22.6 Å². The second-order valence-corrected chi connectivity index (χ2v) is 6.72. The van der Waals surface area contributed by atoms with Crippen LogP contribution < -0.4 is 0 Å². The second-order valence-electron chi connectivity index (χ2n) is 5.61. The molecule has 1 heterocycles. The molecule has 0 spiro atoms. The molecule has 2 atom stereocenters. The molecule has 2 aliphatic rings. The summed E-state index contributed by atoms with van der Waals surface area (Å²) < 4.78 is 8.79. The monoisotopic (exact) mass is 346 g/mol. The van der Waals surface area contributed by atoms with Gasteiger partial charge in [-0.3, -0.25) is 4.68 Å². The Hall–Kier alpha value is -0.100. The number of nitrogens with zero attached hydrogens (tertiary/aromatic N) is 2. The van der Waals surface area contributed by atoms with Crippen LogP contribution in [0, 0.1) is 15.5 Å². The van der Waals surface area contributed by atoms with Gasteiger partial charge in [-0.25, -0.2) is 0 Å². The van der Waals surface area contributed by atoms with Gasteiger partial charge in [0.05, 0.1) is 6.10 Å². The quantitative estimate of drug-likeness (QED) is 0.786. The van der Waals surface area contributed by atoms with E-state index in [2.05, 4.69) is 52.3 Å². The largest absolute Gasteiger partial charge is 0.381 e. The Labute approximate surface area is 116 Å².